The summed E-state index contributed by atoms with van der Waals surface area (Å²) in [5, 5.41) is 13.9. The van der Waals surface area contributed by atoms with E-state index in [0.717, 1.165) is 0 Å². The molecule has 3 N–H and O–H groups in total. The lowest BCUT2D eigenvalue weighted by Crippen LogP contribution is -2.07. The highest BCUT2D eigenvalue weighted by molar-refractivity contribution is 6.01. The molecule has 0 fully saturated rings. The molecule has 2 aromatic rings. The second kappa shape index (κ2) is 3.23. The molecule has 0 atom stereocenters. The van der Waals surface area contributed by atoms with Gasteiger partial charge in [-0.25, -0.2) is 9.78 Å². The number of H-pyrrole nitrogens is 2. The van der Waals surface area contributed by atoms with Crippen LogP contribution >= 0.6 is 0 Å². The molecule has 0 bridgehead atoms. The average Bonchev–Trinajstić information content (AvgIpc) is 2.59. The molecular weight excluding hydrogens is 198 g/mol. The van der Waals surface area contributed by atoms with Crippen molar-refractivity contribution in [2.24, 2.45) is 0 Å². The Hall–Kier alpha value is -2.11. The summed E-state index contributed by atoms with van der Waals surface area (Å²) in [5.41, 5.74) is 0.448. The molecule has 6 nitrogen and oxygen atoms in total. The van der Waals surface area contributed by atoms with Crippen molar-refractivity contribution in [3.8, 4) is 0 Å². The minimum Gasteiger partial charge on any atom is -0.478 e. The van der Waals surface area contributed by atoms with E-state index < -0.39 is 11.5 Å². The van der Waals surface area contributed by atoms with Gasteiger partial charge in [-0.1, -0.05) is 6.92 Å². The van der Waals surface area contributed by atoms with Crippen LogP contribution in [0.25, 0.3) is 11.0 Å². The minimum absolute atomic E-state index is 0.0145. The fourth-order valence-electron chi connectivity index (χ4n) is 1.45. The Labute approximate surface area is 83.9 Å². The van der Waals surface area contributed by atoms with Crippen molar-refractivity contribution >= 4 is 17.0 Å². The van der Waals surface area contributed by atoms with Crippen LogP contribution in [0.5, 0.6) is 0 Å². The van der Waals surface area contributed by atoms with Crippen molar-refractivity contribution in [2.75, 3.05) is 0 Å². The van der Waals surface area contributed by atoms with Gasteiger partial charge < -0.3 is 5.11 Å². The molecule has 0 saturated carbocycles. The highest BCUT2D eigenvalue weighted by Gasteiger charge is 2.15. The summed E-state index contributed by atoms with van der Waals surface area (Å²) in [6.45, 7) is 1.87. The van der Waals surface area contributed by atoms with Crippen LogP contribution in [0.15, 0.2) is 10.9 Å². The maximum atomic E-state index is 11.3. The number of hydrogen-bond acceptors (Lipinski definition) is 3. The summed E-state index contributed by atoms with van der Waals surface area (Å²) in [4.78, 5) is 26.4. The molecular formula is C9H9N3O3. The van der Waals surface area contributed by atoms with Gasteiger partial charge in [-0.2, -0.15) is 0 Å². The minimum atomic E-state index is -1.12. The molecule has 2 heterocycles. The van der Waals surface area contributed by atoms with Gasteiger partial charge in [0.2, 0.25) is 0 Å². The molecule has 0 aromatic carbocycles. The smallest absolute Gasteiger partial charge is 0.336 e. The van der Waals surface area contributed by atoms with Crippen molar-refractivity contribution in [3.05, 3.63) is 27.7 Å². The van der Waals surface area contributed by atoms with Gasteiger partial charge >= 0.3 is 5.97 Å². The number of aromatic carboxylic acids is 1. The molecule has 0 aliphatic carbocycles. The quantitative estimate of drug-likeness (QED) is 0.668. The lowest BCUT2D eigenvalue weighted by atomic mass is 10.1. The summed E-state index contributed by atoms with van der Waals surface area (Å²) in [6, 6.07) is 1.42. The number of pyridine rings is 1. The van der Waals surface area contributed by atoms with Gasteiger partial charge in [-0.15, -0.1) is 0 Å². The van der Waals surface area contributed by atoms with Crippen molar-refractivity contribution in [1.82, 2.24) is 15.2 Å². The number of carboxylic acid groups (broad SMARTS) is 1. The number of hydrogen-bond donors (Lipinski definition) is 3. The third-order valence-electron chi connectivity index (χ3n) is 2.19. The highest BCUT2D eigenvalue weighted by atomic mass is 16.4. The molecule has 0 spiro atoms. The number of nitrogens with zero attached hydrogens (tertiary/aromatic N) is 1. The molecule has 2 aromatic heterocycles. The van der Waals surface area contributed by atoms with E-state index in [1.165, 1.54) is 6.07 Å². The topological polar surface area (TPSA) is 98.8 Å². The van der Waals surface area contributed by atoms with E-state index in [-0.39, 0.29) is 16.6 Å². The first-order valence-corrected chi connectivity index (χ1v) is 4.47. The molecule has 2 rings (SSSR count). The molecule has 78 valence electrons. The number of carboxylic acids is 1. The van der Waals surface area contributed by atoms with Crippen molar-refractivity contribution in [1.29, 1.82) is 0 Å². The highest BCUT2D eigenvalue weighted by Crippen LogP contribution is 2.13. The lowest BCUT2D eigenvalue weighted by molar-refractivity contribution is 0.0698. The average molecular weight is 207 g/mol. The van der Waals surface area contributed by atoms with Gasteiger partial charge in [0.15, 0.2) is 5.65 Å². The van der Waals surface area contributed by atoms with E-state index in [9.17, 15) is 9.59 Å². The van der Waals surface area contributed by atoms with Gasteiger partial charge in [-0.3, -0.25) is 15.0 Å². The van der Waals surface area contributed by atoms with Gasteiger partial charge in [0.25, 0.3) is 5.56 Å². The van der Waals surface area contributed by atoms with E-state index in [1.807, 2.05) is 6.92 Å². The first kappa shape index (κ1) is 9.45. The van der Waals surface area contributed by atoms with Gasteiger partial charge in [0.1, 0.15) is 0 Å². The van der Waals surface area contributed by atoms with Crippen LogP contribution in [0.2, 0.25) is 0 Å². The number of nitrogens with one attached hydrogen (secondary N) is 2. The predicted molar refractivity (Wildman–Crippen MR) is 53.1 cm³/mol. The maximum absolute atomic E-state index is 11.3. The second-order valence-electron chi connectivity index (χ2n) is 3.12. The molecule has 6 heteroatoms. The van der Waals surface area contributed by atoms with Crippen LogP contribution in [0.4, 0.5) is 0 Å². The van der Waals surface area contributed by atoms with Crippen molar-refractivity contribution < 1.29 is 9.90 Å². The summed E-state index contributed by atoms with van der Waals surface area (Å²) in [6.07, 6.45) is 0.615. The Morgan fingerprint density at radius 2 is 2.27 bits per heavy atom. The van der Waals surface area contributed by atoms with Crippen LogP contribution in [0.1, 0.15) is 23.0 Å². The normalized spacial score (nSPS) is 10.7. The zero-order chi connectivity index (χ0) is 11.0. The van der Waals surface area contributed by atoms with Crippen LogP contribution in [-0.4, -0.2) is 26.3 Å². The van der Waals surface area contributed by atoms with E-state index >= 15 is 0 Å². The molecule has 0 amide bonds. The Bertz CT molecular complexity index is 582. The fraction of sp³-hybridized carbons (Fsp3) is 0.222. The largest absolute Gasteiger partial charge is 0.478 e. The Balaban J connectivity index is 2.89. The van der Waals surface area contributed by atoms with E-state index in [0.29, 0.717) is 12.1 Å². The zero-order valence-corrected chi connectivity index (χ0v) is 8.00. The summed E-state index contributed by atoms with van der Waals surface area (Å²) in [5.74, 6) is -1.12. The predicted octanol–water partition coefficient (Wildman–Crippen LogP) is 0.512. The maximum Gasteiger partial charge on any atom is 0.336 e. The SMILES string of the molecule is CCc1cc(C(=O)O)c2c(=O)[nH][nH]c2n1. The number of carbonyl (C=O) groups is 1. The number of aromatic amines is 2. The summed E-state index contributed by atoms with van der Waals surface area (Å²) in [7, 11) is 0. The van der Waals surface area contributed by atoms with Crippen LogP contribution in [0, 0.1) is 0 Å². The lowest BCUT2D eigenvalue weighted by Gasteiger charge is -1.99. The summed E-state index contributed by atoms with van der Waals surface area (Å²) < 4.78 is 0. The Kier molecular flexibility index (Phi) is 2.03. The molecule has 0 saturated heterocycles. The molecule has 15 heavy (non-hydrogen) atoms. The fourth-order valence-corrected chi connectivity index (χ4v) is 1.45. The van der Waals surface area contributed by atoms with Gasteiger partial charge in [0, 0.05) is 5.69 Å². The van der Waals surface area contributed by atoms with Crippen LogP contribution in [-0.2, 0) is 6.42 Å². The molecule has 0 aliphatic rings. The Morgan fingerprint density at radius 1 is 1.53 bits per heavy atom. The molecule has 0 unspecified atom stereocenters. The first-order valence-electron chi connectivity index (χ1n) is 4.47. The number of aromatic nitrogens is 3. The Morgan fingerprint density at radius 3 is 2.87 bits per heavy atom. The van der Waals surface area contributed by atoms with Crippen molar-refractivity contribution in [3.63, 3.8) is 0 Å². The number of aryl methyl sites for hydroxylation is 1. The zero-order valence-electron chi connectivity index (χ0n) is 8.00. The van der Waals surface area contributed by atoms with E-state index in [2.05, 4.69) is 15.2 Å². The monoisotopic (exact) mass is 207 g/mol. The van der Waals surface area contributed by atoms with E-state index in [4.69, 9.17) is 5.11 Å². The van der Waals surface area contributed by atoms with Gasteiger partial charge in [-0.05, 0) is 12.5 Å². The molecule has 0 aliphatic heterocycles. The number of rotatable bonds is 2. The third-order valence-corrected chi connectivity index (χ3v) is 2.19. The first-order chi connectivity index (χ1) is 7.13. The van der Waals surface area contributed by atoms with Crippen molar-refractivity contribution in [2.45, 2.75) is 13.3 Å². The third kappa shape index (κ3) is 1.39. The van der Waals surface area contributed by atoms with Crippen LogP contribution in [0.3, 0.4) is 0 Å². The van der Waals surface area contributed by atoms with Crippen LogP contribution < -0.4 is 5.56 Å². The van der Waals surface area contributed by atoms with E-state index in [1.54, 1.807) is 0 Å². The second-order valence-corrected chi connectivity index (χ2v) is 3.12. The standard InChI is InChI=1S/C9H9N3O3/c1-2-4-3-5(9(14)15)6-7(10-4)11-12-8(6)13/h3H,2H2,1H3,(H,14,15)(H2,10,11,12,13). The van der Waals surface area contributed by atoms with Gasteiger partial charge in [0.05, 0.1) is 10.9 Å². The number of fused-ring (bicyclic) bond motifs is 1. The summed E-state index contributed by atoms with van der Waals surface area (Å²) >= 11 is 0. The molecule has 0 radical (unpaired) electrons.